The molecule has 0 bridgehead atoms. The van der Waals surface area contributed by atoms with E-state index in [0.717, 1.165) is 0 Å². The molecule has 0 aliphatic carbocycles. The van der Waals surface area contributed by atoms with Gasteiger partial charge in [-0.05, 0) is 77.9 Å². The summed E-state index contributed by atoms with van der Waals surface area (Å²) in [6, 6.07) is 13.5. The number of carbonyl (C=O) groups is 4. The molecule has 0 unspecified atom stereocenters. The van der Waals surface area contributed by atoms with Gasteiger partial charge in [-0.15, -0.1) is 0 Å². The molecule has 2 amide bonds. The Balaban J connectivity index is 2.01. The number of esters is 2. The van der Waals surface area contributed by atoms with E-state index in [1.165, 1.54) is 12.1 Å². The van der Waals surface area contributed by atoms with Crippen LogP contribution in [0, 0.1) is 0 Å². The van der Waals surface area contributed by atoms with Gasteiger partial charge < -0.3 is 24.8 Å². The maximum absolute atomic E-state index is 12.5. The van der Waals surface area contributed by atoms with Gasteiger partial charge in [0.05, 0.1) is 5.56 Å². The third-order valence-corrected chi connectivity index (χ3v) is 4.18. The standard InChI is InChI=1S/C26H32N2O7/c1-25(2,3)34-23(31)20(28-24(32)35-26(4,5)6)16-33-22(30)18-12-14-19(15-13-18)27-21(29)17-10-8-7-9-11-17/h7-15,20H,16H2,1-6H3,(H,27,29)(H,28,32)/t20-/m0/s1. The summed E-state index contributed by atoms with van der Waals surface area (Å²) >= 11 is 0. The molecule has 0 aliphatic heterocycles. The van der Waals surface area contributed by atoms with Crippen molar-refractivity contribution in [2.24, 2.45) is 0 Å². The summed E-state index contributed by atoms with van der Waals surface area (Å²) in [6.07, 6.45) is -0.845. The van der Waals surface area contributed by atoms with E-state index in [2.05, 4.69) is 10.6 Å². The van der Waals surface area contributed by atoms with E-state index in [9.17, 15) is 19.2 Å². The predicted molar refractivity (Wildman–Crippen MR) is 130 cm³/mol. The second-order valence-electron chi connectivity index (χ2n) is 9.73. The van der Waals surface area contributed by atoms with E-state index in [1.807, 2.05) is 6.07 Å². The summed E-state index contributed by atoms with van der Waals surface area (Å²) in [5.74, 6) is -1.77. The average Bonchev–Trinajstić information content (AvgIpc) is 2.75. The number of alkyl carbamates (subject to hydrolysis) is 1. The number of carbonyl (C=O) groups excluding carboxylic acids is 4. The van der Waals surface area contributed by atoms with Crippen LogP contribution in [0.3, 0.4) is 0 Å². The molecule has 2 aromatic rings. The number of nitrogens with one attached hydrogen (secondary N) is 2. The normalized spacial score (nSPS) is 12.2. The van der Waals surface area contributed by atoms with Crippen LogP contribution in [-0.4, -0.2) is 47.8 Å². The molecule has 188 valence electrons. The smallest absolute Gasteiger partial charge is 0.408 e. The molecule has 0 fully saturated rings. The van der Waals surface area contributed by atoms with Crippen molar-refractivity contribution in [2.75, 3.05) is 11.9 Å². The first-order chi connectivity index (χ1) is 16.2. The van der Waals surface area contributed by atoms with Gasteiger partial charge in [-0.25, -0.2) is 14.4 Å². The summed E-state index contributed by atoms with van der Waals surface area (Å²) in [6.45, 7) is 9.63. The number of hydrogen-bond acceptors (Lipinski definition) is 7. The minimum absolute atomic E-state index is 0.197. The molecule has 0 spiro atoms. The van der Waals surface area contributed by atoms with Gasteiger partial charge in [-0.2, -0.15) is 0 Å². The van der Waals surface area contributed by atoms with Crippen LogP contribution in [0.5, 0.6) is 0 Å². The van der Waals surface area contributed by atoms with Crippen molar-refractivity contribution in [3.63, 3.8) is 0 Å². The van der Waals surface area contributed by atoms with Gasteiger partial charge in [0.15, 0.2) is 6.04 Å². The number of amides is 2. The van der Waals surface area contributed by atoms with Crippen molar-refractivity contribution in [1.29, 1.82) is 0 Å². The summed E-state index contributed by atoms with van der Waals surface area (Å²) in [7, 11) is 0. The van der Waals surface area contributed by atoms with Gasteiger partial charge in [-0.1, -0.05) is 18.2 Å². The van der Waals surface area contributed by atoms with Crippen LogP contribution in [-0.2, 0) is 19.0 Å². The Morgan fingerprint density at radius 1 is 0.771 bits per heavy atom. The lowest BCUT2D eigenvalue weighted by atomic mass is 10.2. The highest BCUT2D eigenvalue weighted by Crippen LogP contribution is 2.14. The fourth-order valence-electron chi connectivity index (χ4n) is 2.72. The molecule has 2 aromatic carbocycles. The topological polar surface area (TPSA) is 120 Å². The van der Waals surface area contributed by atoms with Gasteiger partial charge in [0, 0.05) is 11.3 Å². The lowest BCUT2D eigenvalue weighted by Crippen LogP contribution is -2.48. The van der Waals surface area contributed by atoms with Crippen molar-refractivity contribution in [1.82, 2.24) is 5.32 Å². The molecular weight excluding hydrogens is 452 g/mol. The molecule has 0 heterocycles. The van der Waals surface area contributed by atoms with Crippen LogP contribution in [0.4, 0.5) is 10.5 Å². The summed E-state index contributed by atoms with van der Waals surface area (Å²) in [4.78, 5) is 49.5. The van der Waals surface area contributed by atoms with E-state index in [0.29, 0.717) is 11.3 Å². The molecule has 2 N–H and O–H groups in total. The largest absolute Gasteiger partial charge is 0.459 e. The van der Waals surface area contributed by atoms with Crippen molar-refractivity contribution in [2.45, 2.75) is 58.8 Å². The summed E-state index contributed by atoms with van der Waals surface area (Å²) in [5, 5.41) is 5.13. The van der Waals surface area contributed by atoms with E-state index in [1.54, 1.807) is 77.9 Å². The average molecular weight is 485 g/mol. The summed E-state index contributed by atoms with van der Waals surface area (Å²) in [5.41, 5.74) is -0.399. The zero-order valence-electron chi connectivity index (χ0n) is 20.8. The van der Waals surface area contributed by atoms with Crippen molar-refractivity contribution in [3.8, 4) is 0 Å². The number of benzene rings is 2. The Hall–Kier alpha value is -3.88. The number of hydrogen-bond donors (Lipinski definition) is 2. The second kappa shape index (κ2) is 11.5. The lowest BCUT2D eigenvalue weighted by Gasteiger charge is -2.26. The molecule has 0 radical (unpaired) electrons. The van der Waals surface area contributed by atoms with Crippen molar-refractivity contribution in [3.05, 3.63) is 65.7 Å². The van der Waals surface area contributed by atoms with Gasteiger partial charge in [-0.3, -0.25) is 4.79 Å². The van der Waals surface area contributed by atoms with Gasteiger partial charge in [0.25, 0.3) is 5.91 Å². The maximum Gasteiger partial charge on any atom is 0.408 e. The lowest BCUT2D eigenvalue weighted by molar-refractivity contribution is -0.158. The van der Waals surface area contributed by atoms with Crippen LogP contribution in [0.15, 0.2) is 54.6 Å². The van der Waals surface area contributed by atoms with Crippen LogP contribution in [0.1, 0.15) is 62.3 Å². The van der Waals surface area contributed by atoms with Crippen LogP contribution in [0.25, 0.3) is 0 Å². The number of ether oxygens (including phenoxy) is 3. The molecule has 0 aliphatic rings. The quantitative estimate of drug-likeness (QED) is 0.443. The SMILES string of the molecule is CC(C)(C)OC(=O)N[C@@H](COC(=O)c1ccc(NC(=O)c2ccccc2)cc1)C(=O)OC(C)(C)C. The first-order valence-corrected chi connectivity index (χ1v) is 11.1. The Bertz CT molecular complexity index is 1040. The van der Waals surface area contributed by atoms with Crippen LogP contribution >= 0.6 is 0 Å². The minimum atomic E-state index is -1.27. The third kappa shape index (κ3) is 9.87. The summed E-state index contributed by atoms with van der Waals surface area (Å²) < 4.78 is 15.8. The zero-order chi connectivity index (χ0) is 26.2. The molecule has 0 saturated heterocycles. The first kappa shape index (κ1) is 27.4. The Kier molecular flexibility index (Phi) is 8.99. The Morgan fingerprint density at radius 2 is 1.34 bits per heavy atom. The molecule has 9 nitrogen and oxygen atoms in total. The molecule has 35 heavy (non-hydrogen) atoms. The maximum atomic E-state index is 12.5. The number of anilines is 1. The van der Waals surface area contributed by atoms with Gasteiger partial charge >= 0.3 is 18.0 Å². The molecule has 1 atom stereocenters. The molecule has 0 aromatic heterocycles. The molecular formula is C26H32N2O7. The van der Waals surface area contributed by atoms with E-state index >= 15 is 0 Å². The Labute approximate surface area is 205 Å². The third-order valence-electron chi connectivity index (χ3n) is 4.18. The fraction of sp³-hybridized carbons (Fsp3) is 0.385. The highest BCUT2D eigenvalue weighted by Gasteiger charge is 2.30. The van der Waals surface area contributed by atoms with E-state index in [-0.39, 0.29) is 11.5 Å². The fourth-order valence-corrected chi connectivity index (χ4v) is 2.72. The van der Waals surface area contributed by atoms with Gasteiger partial charge in [0.1, 0.15) is 17.8 Å². The minimum Gasteiger partial charge on any atom is -0.459 e. The highest BCUT2D eigenvalue weighted by atomic mass is 16.6. The van der Waals surface area contributed by atoms with E-state index < -0.39 is 41.9 Å². The molecule has 9 heteroatoms. The molecule has 2 rings (SSSR count). The van der Waals surface area contributed by atoms with Crippen molar-refractivity contribution < 1.29 is 33.4 Å². The Morgan fingerprint density at radius 3 is 1.89 bits per heavy atom. The zero-order valence-corrected chi connectivity index (χ0v) is 20.8. The highest BCUT2D eigenvalue weighted by molar-refractivity contribution is 6.04. The molecule has 0 saturated carbocycles. The first-order valence-electron chi connectivity index (χ1n) is 11.1. The second-order valence-corrected chi connectivity index (χ2v) is 9.73. The van der Waals surface area contributed by atoms with Gasteiger partial charge in [0.2, 0.25) is 0 Å². The van der Waals surface area contributed by atoms with Crippen LogP contribution in [0.2, 0.25) is 0 Å². The predicted octanol–water partition coefficient (Wildman–Crippen LogP) is 4.33. The van der Waals surface area contributed by atoms with Crippen molar-refractivity contribution >= 4 is 29.6 Å². The number of rotatable bonds is 7. The van der Waals surface area contributed by atoms with Crippen LogP contribution < -0.4 is 10.6 Å². The van der Waals surface area contributed by atoms with E-state index in [4.69, 9.17) is 14.2 Å². The monoisotopic (exact) mass is 484 g/mol.